The normalized spacial score (nSPS) is 10.2. The summed E-state index contributed by atoms with van der Waals surface area (Å²) in [6.07, 6.45) is 0. The number of aryl methyl sites for hydroxylation is 1. The van der Waals surface area contributed by atoms with Gasteiger partial charge >= 0.3 is 0 Å². The minimum Gasteiger partial charge on any atom is -0.497 e. The molecule has 2 rings (SSSR count). The number of hydrogen-bond donors (Lipinski definition) is 0. The Bertz CT molecular complexity index is 556. The molecule has 0 amide bonds. The molecule has 0 bridgehead atoms. The highest BCUT2D eigenvalue weighted by Crippen LogP contribution is 2.27. The largest absolute Gasteiger partial charge is 0.497 e. The van der Waals surface area contributed by atoms with Gasteiger partial charge in [-0.1, -0.05) is 11.6 Å². The fourth-order valence-electron chi connectivity index (χ4n) is 1.42. The van der Waals surface area contributed by atoms with Crippen molar-refractivity contribution >= 4 is 11.6 Å². The summed E-state index contributed by atoms with van der Waals surface area (Å²) >= 11 is 5.98. The number of rotatable bonds is 3. The molecule has 0 spiro atoms. The quantitative estimate of drug-likeness (QED) is 0.796. The van der Waals surface area contributed by atoms with Crippen LogP contribution in [0.3, 0.4) is 0 Å². The van der Waals surface area contributed by atoms with E-state index in [9.17, 15) is 0 Å². The zero-order valence-corrected chi connectivity index (χ0v) is 11.2. The van der Waals surface area contributed by atoms with Crippen LogP contribution in [0.1, 0.15) is 11.4 Å². The zero-order valence-electron chi connectivity index (χ0n) is 10.4. The second-order valence-electron chi connectivity index (χ2n) is 3.77. The number of ether oxygens (including phenoxy) is 2. The SMILES string of the molecule is COc1ccc(Oc2nc(C)nc(Cl)c2C)cc1. The predicted octanol–water partition coefficient (Wildman–Crippen LogP) is 3.55. The Morgan fingerprint density at radius 1 is 1.00 bits per heavy atom. The Hall–Kier alpha value is -1.81. The Balaban J connectivity index is 2.27. The Morgan fingerprint density at radius 3 is 2.22 bits per heavy atom. The molecule has 0 atom stereocenters. The van der Waals surface area contributed by atoms with E-state index in [1.54, 1.807) is 14.0 Å². The second-order valence-corrected chi connectivity index (χ2v) is 4.13. The summed E-state index contributed by atoms with van der Waals surface area (Å²) in [5, 5.41) is 0.408. The molecule has 0 aliphatic carbocycles. The maximum absolute atomic E-state index is 5.98. The molecule has 0 saturated carbocycles. The maximum Gasteiger partial charge on any atom is 0.226 e. The van der Waals surface area contributed by atoms with Gasteiger partial charge in [0.05, 0.1) is 7.11 Å². The van der Waals surface area contributed by atoms with Crippen LogP contribution in [-0.4, -0.2) is 17.1 Å². The van der Waals surface area contributed by atoms with Crippen LogP contribution >= 0.6 is 11.6 Å². The maximum atomic E-state index is 5.98. The van der Waals surface area contributed by atoms with Gasteiger partial charge in [-0.15, -0.1) is 0 Å². The monoisotopic (exact) mass is 264 g/mol. The van der Waals surface area contributed by atoms with Crippen molar-refractivity contribution in [2.24, 2.45) is 0 Å². The molecule has 94 valence electrons. The first-order valence-corrected chi connectivity index (χ1v) is 5.80. The van der Waals surface area contributed by atoms with Crippen LogP contribution < -0.4 is 9.47 Å². The molecule has 0 aliphatic heterocycles. The van der Waals surface area contributed by atoms with Crippen LogP contribution in [0.15, 0.2) is 24.3 Å². The zero-order chi connectivity index (χ0) is 13.1. The first kappa shape index (κ1) is 12.6. The van der Waals surface area contributed by atoms with Gasteiger partial charge in [0.2, 0.25) is 5.88 Å². The molecule has 1 aromatic carbocycles. The Labute approximate surface area is 111 Å². The van der Waals surface area contributed by atoms with Crippen molar-refractivity contribution in [2.45, 2.75) is 13.8 Å². The third kappa shape index (κ3) is 2.71. The summed E-state index contributed by atoms with van der Waals surface area (Å²) in [5.74, 6) is 2.50. The molecule has 18 heavy (non-hydrogen) atoms. The van der Waals surface area contributed by atoms with Crippen LogP contribution in [0.25, 0.3) is 0 Å². The second kappa shape index (κ2) is 5.23. The van der Waals surface area contributed by atoms with Gasteiger partial charge in [-0.05, 0) is 38.1 Å². The molecule has 0 unspecified atom stereocenters. The predicted molar refractivity (Wildman–Crippen MR) is 69.6 cm³/mol. The van der Waals surface area contributed by atoms with E-state index < -0.39 is 0 Å². The van der Waals surface area contributed by atoms with Gasteiger partial charge in [0.1, 0.15) is 22.5 Å². The van der Waals surface area contributed by atoms with Crippen molar-refractivity contribution in [3.63, 3.8) is 0 Å². The van der Waals surface area contributed by atoms with E-state index in [1.165, 1.54) is 0 Å². The number of nitrogens with zero attached hydrogens (tertiary/aromatic N) is 2. The molecule has 0 saturated heterocycles. The lowest BCUT2D eigenvalue weighted by atomic mass is 10.3. The van der Waals surface area contributed by atoms with Gasteiger partial charge in [0.25, 0.3) is 0 Å². The fourth-order valence-corrected chi connectivity index (χ4v) is 1.63. The van der Waals surface area contributed by atoms with Crippen molar-refractivity contribution in [1.82, 2.24) is 9.97 Å². The molecular formula is C13H13ClN2O2. The first-order valence-electron chi connectivity index (χ1n) is 5.43. The number of hydrogen-bond acceptors (Lipinski definition) is 4. The number of benzene rings is 1. The fraction of sp³-hybridized carbons (Fsp3) is 0.231. The number of methoxy groups -OCH3 is 1. The molecule has 2 aromatic rings. The summed E-state index contributed by atoms with van der Waals surface area (Å²) in [5.41, 5.74) is 0.720. The van der Waals surface area contributed by atoms with Crippen LogP contribution in [0.5, 0.6) is 17.4 Å². The highest BCUT2D eigenvalue weighted by molar-refractivity contribution is 6.30. The Morgan fingerprint density at radius 2 is 1.61 bits per heavy atom. The van der Waals surface area contributed by atoms with Crippen LogP contribution in [0, 0.1) is 13.8 Å². The summed E-state index contributed by atoms with van der Waals surface area (Å²) in [4.78, 5) is 8.28. The summed E-state index contributed by atoms with van der Waals surface area (Å²) in [6, 6.07) is 7.26. The van der Waals surface area contributed by atoms with Gasteiger partial charge in [-0.3, -0.25) is 0 Å². The first-order chi connectivity index (χ1) is 8.60. The average Bonchev–Trinajstić information content (AvgIpc) is 2.36. The third-order valence-corrected chi connectivity index (χ3v) is 2.80. The lowest BCUT2D eigenvalue weighted by Crippen LogP contribution is -1.97. The molecule has 4 nitrogen and oxygen atoms in total. The van der Waals surface area contributed by atoms with Gasteiger partial charge in [0.15, 0.2) is 0 Å². The van der Waals surface area contributed by atoms with E-state index in [4.69, 9.17) is 21.1 Å². The van der Waals surface area contributed by atoms with Crippen molar-refractivity contribution in [3.05, 3.63) is 40.8 Å². The van der Waals surface area contributed by atoms with Crippen molar-refractivity contribution < 1.29 is 9.47 Å². The van der Waals surface area contributed by atoms with E-state index in [-0.39, 0.29) is 0 Å². The third-order valence-electron chi connectivity index (χ3n) is 2.43. The molecule has 0 fully saturated rings. The molecule has 1 aromatic heterocycles. The molecule has 1 heterocycles. The summed E-state index contributed by atoms with van der Waals surface area (Å²) in [7, 11) is 1.62. The molecule has 5 heteroatoms. The minimum absolute atomic E-state index is 0.408. The van der Waals surface area contributed by atoms with E-state index in [1.807, 2.05) is 31.2 Å². The van der Waals surface area contributed by atoms with Gasteiger partial charge in [-0.2, -0.15) is 4.98 Å². The van der Waals surface area contributed by atoms with Crippen molar-refractivity contribution in [2.75, 3.05) is 7.11 Å². The van der Waals surface area contributed by atoms with E-state index in [0.29, 0.717) is 22.6 Å². The van der Waals surface area contributed by atoms with Crippen molar-refractivity contribution in [3.8, 4) is 17.4 Å². The molecule has 0 aliphatic rings. The lowest BCUT2D eigenvalue weighted by Gasteiger charge is -2.09. The van der Waals surface area contributed by atoms with E-state index in [0.717, 1.165) is 11.3 Å². The van der Waals surface area contributed by atoms with Gasteiger partial charge in [0, 0.05) is 5.56 Å². The van der Waals surface area contributed by atoms with E-state index >= 15 is 0 Å². The van der Waals surface area contributed by atoms with E-state index in [2.05, 4.69) is 9.97 Å². The average molecular weight is 265 g/mol. The minimum atomic E-state index is 0.408. The number of halogens is 1. The van der Waals surface area contributed by atoms with Gasteiger partial charge < -0.3 is 9.47 Å². The van der Waals surface area contributed by atoms with Gasteiger partial charge in [-0.25, -0.2) is 4.98 Å². The molecule has 0 radical (unpaired) electrons. The highest BCUT2D eigenvalue weighted by Gasteiger charge is 2.09. The lowest BCUT2D eigenvalue weighted by molar-refractivity contribution is 0.411. The van der Waals surface area contributed by atoms with Crippen molar-refractivity contribution in [1.29, 1.82) is 0 Å². The molecule has 0 N–H and O–H groups in total. The molecular weight excluding hydrogens is 252 g/mol. The van der Waals surface area contributed by atoms with Crippen LogP contribution in [0.2, 0.25) is 5.15 Å². The Kier molecular flexibility index (Phi) is 3.67. The topological polar surface area (TPSA) is 44.2 Å². The van der Waals surface area contributed by atoms with Crippen LogP contribution in [0.4, 0.5) is 0 Å². The smallest absolute Gasteiger partial charge is 0.226 e. The highest BCUT2D eigenvalue weighted by atomic mass is 35.5. The summed E-state index contributed by atoms with van der Waals surface area (Å²) < 4.78 is 10.8. The standard InChI is InChI=1S/C13H13ClN2O2/c1-8-12(14)15-9(2)16-13(8)18-11-6-4-10(17-3)5-7-11/h4-7H,1-3H3. The van der Waals surface area contributed by atoms with Crippen LogP contribution in [-0.2, 0) is 0 Å². The summed E-state index contributed by atoms with van der Waals surface area (Å²) in [6.45, 7) is 3.59. The number of aromatic nitrogens is 2.